The van der Waals surface area contributed by atoms with Crippen molar-refractivity contribution in [3.8, 4) is 11.1 Å². The Balaban J connectivity index is 0.000000368. The van der Waals surface area contributed by atoms with Crippen molar-refractivity contribution in [1.82, 2.24) is 4.98 Å². The molecule has 2 aromatic carbocycles. The molecule has 24 heavy (non-hydrogen) atoms. The van der Waals surface area contributed by atoms with Crippen molar-refractivity contribution < 1.29 is 14.3 Å². The molecular formula is C19H20N2O3. The molecule has 0 unspecified atom stereocenters. The van der Waals surface area contributed by atoms with E-state index in [0.717, 1.165) is 22.3 Å². The van der Waals surface area contributed by atoms with Crippen LogP contribution in [0.1, 0.15) is 13.8 Å². The average molecular weight is 324 g/mol. The standard InChI is InChI=1S/C16H14N2O.C3H6O2/c1-11(19)18-13-5-2-4-12(10-13)14-6-3-7-16-15(14)8-9-17-16;1-2-5-3-4/h2-10,17H,1H3,(H,18,19);3H,2H2,1H3. The summed E-state index contributed by atoms with van der Waals surface area (Å²) in [6.07, 6.45) is 1.94. The Morgan fingerprint density at radius 3 is 2.67 bits per heavy atom. The fourth-order valence-corrected chi connectivity index (χ4v) is 2.37. The van der Waals surface area contributed by atoms with Gasteiger partial charge in [0.15, 0.2) is 0 Å². The molecule has 0 saturated heterocycles. The van der Waals surface area contributed by atoms with Gasteiger partial charge in [0.2, 0.25) is 5.91 Å². The molecule has 0 aliphatic heterocycles. The SMILES string of the molecule is CC(=O)Nc1cccc(-c2cccc3[nH]ccc23)c1.CCOC=O. The topological polar surface area (TPSA) is 71.2 Å². The lowest BCUT2D eigenvalue weighted by Crippen LogP contribution is -2.05. The first kappa shape index (κ1) is 17.3. The van der Waals surface area contributed by atoms with Crippen LogP contribution in [0.3, 0.4) is 0 Å². The largest absolute Gasteiger partial charge is 0.468 e. The van der Waals surface area contributed by atoms with Gasteiger partial charge in [-0.05, 0) is 42.3 Å². The minimum atomic E-state index is -0.0583. The molecule has 0 saturated carbocycles. The monoisotopic (exact) mass is 324 g/mol. The number of amides is 1. The number of carbonyl (C=O) groups is 2. The van der Waals surface area contributed by atoms with E-state index in [1.807, 2.05) is 36.5 Å². The zero-order valence-electron chi connectivity index (χ0n) is 13.7. The van der Waals surface area contributed by atoms with Crippen LogP contribution >= 0.6 is 0 Å². The number of hydrogen-bond donors (Lipinski definition) is 2. The third-order valence-corrected chi connectivity index (χ3v) is 3.32. The molecule has 5 heteroatoms. The molecule has 1 aromatic heterocycles. The summed E-state index contributed by atoms with van der Waals surface area (Å²) in [6, 6.07) is 16.1. The van der Waals surface area contributed by atoms with Gasteiger partial charge >= 0.3 is 0 Å². The first-order valence-corrected chi connectivity index (χ1v) is 7.65. The Morgan fingerprint density at radius 1 is 1.21 bits per heavy atom. The van der Waals surface area contributed by atoms with Crippen LogP contribution in [0, 0.1) is 0 Å². The smallest absolute Gasteiger partial charge is 0.293 e. The molecule has 1 heterocycles. The molecular weight excluding hydrogens is 304 g/mol. The van der Waals surface area contributed by atoms with Gasteiger partial charge in [0.25, 0.3) is 6.47 Å². The quantitative estimate of drug-likeness (QED) is 0.713. The molecule has 0 spiro atoms. The minimum absolute atomic E-state index is 0.0583. The van der Waals surface area contributed by atoms with Crippen molar-refractivity contribution in [1.29, 1.82) is 0 Å². The maximum Gasteiger partial charge on any atom is 0.293 e. The summed E-state index contributed by atoms with van der Waals surface area (Å²) in [5.74, 6) is -0.0583. The van der Waals surface area contributed by atoms with E-state index >= 15 is 0 Å². The van der Waals surface area contributed by atoms with Crippen LogP contribution < -0.4 is 5.32 Å². The molecule has 0 bridgehead atoms. The van der Waals surface area contributed by atoms with Crippen LogP contribution in [-0.2, 0) is 14.3 Å². The Hall–Kier alpha value is -3.08. The summed E-state index contributed by atoms with van der Waals surface area (Å²) >= 11 is 0. The Kier molecular flexibility index (Phi) is 6.14. The highest BCUT2D eigenvalue weighted by Crippen LogP contribution is 2.29. The van der Waals surface area contributed by atoms with Crippen molar-refractivity contribution in [3.05, 3.63) is 54.7 Å². The third kappa shape index (κ3) is 4.46. The van der Waals surface area contributed by atoms with Gasteiger partial charge in [-0.2, -0.15) is 0 Å². The normalized spacial score (nSPS) is 9.75. The van der Waals surface area contributed by atoms with Gasteiger partial charge in [0.05, 0.1) is 6.61 Å². The zero-order valence-corrected chi connectivity index (χ0v) is 13.7. The molecule has 1 amide bonds. The molecule has 0 atom stereocenters. The molecule has 124 valence electrons. The van der Waals surface area contributed by atoms with Gasteiger partial charge in [-0.15, -0.1) is 0 Å². The van der Waals surface area contributed by atoms with Crippen molar-refractivity contribution >= 4 is 29.0 Å². The van der Waals surface area contributed by atoms with E-state index in [9.17, 15) is 9.59 Å². The van der Waals surface area contributed by atoms with Gasteiger partial charge < -0.3 is 15.0 Å². The van der Waals surface area contributed by atoms with Crippen molar-refractivity contribution in [2.45, 2.75) is 13.8 Å². The van der Waals surface area contributed by atoms with Gasteiger partial charge in [-0.1, -0.05) is 24.3 Å². The van der Waals surface area contributed by atoms with E-state index in [1.165, 1.54) is 12.3 Å². The number of ether oxygens (including phenoxy) is 1. The van der Waals surface area contributed by atoms with Crippen molar-refractivity contribution in [2.24, 2.45) is 0 Å². The highest BCUT2D eigenvalue weighted by Gasteiger charge is 2.05. The molecule has 3 aromatic rings. The predicted octanol–water partition coefficient (Wildman–Crippen LogP) is 3.97. The fourth-order valence-electron chi connectivity index (χ4n) is 2.37. The molecule has 0 radical (unpaired) electrons. The Morgan fingerprint density at radius 2 is 2.00 bits per heavy atom. The summed E-state index contributed by atoms with van der Waals surface area (Å²) in [5, 5.41) is 3.99. The van der Waals surface area contributed by atoms with Crippen molar-refractivity contribution in [3.63, 3.8) is 0 Å². The second kappa shape index (κ2) is 8.53. The van der Waals surface area contributed by atoms with E-state index in [-0.39, 0.29) is 5.91 Å². The van der Waals surface area contributed by atoms with Crippen LogP contribution in [-0.4, -0.2) is 24.0 Å². The molecule has 5 nitrogen and oxygen atoms in total. The van der Waals surface area contributed by atoms with Crippen molar-refractivity contribution in [2.75, 3.05) is 11.9 Å². The number of benzene rings is 2. The Bertz CT molecular complexity index is 824. The van der Waals surface area contributed by atoms with Crippen LogP contribution in [0.4, 0.5) is 5.69 Å². The minimum Gasteiger partial charge on any atom is -0.468 e. The van der Waals surface area contributed by atoms with Gasteiger partial charge in [0.1, 0.15) is 0 Å². The number of anilines is 1. The van der Waals surface area contributed by atoms with E-state index in [4.69, 9.17) is 0 Å². The number of fused-ring (bicyclic) bond motifs is 1. The lowest BCUT2D eigenvalue weighted by Gasteiger charge is -2.07. The first-order valence-electron chi connectivity index (χ1n) is 7.65. The number of H-pyrrole nitrogens is 1. The maximum atomic E-state index is 11.1. The maximum absolute atomic E-state index is 11.1. The number of aromatic nitrogens is 1. The molecule has 0 aliphatic carbocycles. The summed E-state index contributed by atoms with van der Waals surface area (Å²) in [5.41, 5.74) is 4.18. The zero-order chi connectivity index (χ0) is 17.4. The van der Waals surface area contributed by atoms with Gasteiger partial charge in [0, 0.05) is 29.7 Å². The van der Waals surface area contributed by atoms with Gasteiger partial charge in [-0.3, -0.25) is 9.59 Å². The number of carbonyl (C=O) groups excluding carboxylic acids is 2. The molecule has 0 aliphatic rings. The summed E-state index contributed by atoms with van der Waals surface area (Å²) < 4.78 is 4.15. The summed E-state index contributed by atoms with van der Waals surface area (Å²) in [4.78, 5) is 23.5. The second-order valence-electron chi connectivity index (χ2n) is 5.06. The Labute approximate surface area is 140 Å². The number of hydrogen-bond acceptors (Lipinski definition) is 3. The van der Waals surface area contributed by atoms with E-state index in [0.29, 0.717) is 13.1 Å². The highest BCUT2D eigenvalue weighted by molar-refractivity contribution is 5.96. The van der Waals surface area contributed by atoms with E-state index in [1.54, 1.807) is 6.92 Å². The third-order valence-electron chi connectivity index (χ3n) is 3.32. The summed E-state index contributed by atoms with van der Waals surface area (Å²) in [6.45, 7) is 4.18. The molecule has 3 rings (SSSR count). The lowest BCUT2D eigenvalue weighted by molar-refractivity contribution is -0.128. The van der Waals surface area contributed by atoms with Gasteiger partial charge in [-0.25, -0.2) is 0 Å². The van der Waals surface area contributed by atoms with E-state index < -0.39 is 0 Å². The van der Waals surface area contributed by atoms with Crippen LogP contribution in [0.15, 0.2) is 54.7 Å². The van der Waals surface area contributed by atoms with E-state index in [2.05, 4.69) is 33.2 Å². The number of rotatable bonds is 4. The molecule has 2 N–H and O–H groups in total. The number of aromatic amines is 1. The summed E-state index contributed by atoms with van der Waals surface area (Å²) in [7, 11) is 0. The van der Waals surface area contributed by atoms with Crippen LogP contribution in [0.25, 0.3) is 22.0 Å². The average Bonchev–Trinajstić information content (AvgIpc) is 3.04. The predicted molar refractivity (Wildman–Crippen MR) is 95.7 cm³/mol. The lowest BCUT2D eigenvalue weighted by atomic mass is 10.0. The van der Waals surface area contributed by atoms with Crippen LogP contribution in [0.5, 0.6) is 0 Å². The number of nitrogens with one attached hydrogen (secondary N) is 2. The molecule has 0 fully saturated rings. The highest BCUT2D eigenvalue weighted by atomic mass is 16.5. The van der Waals surface area contributed by atoms with Crippen LogP contribution in [0.2, 0.25) is 0 Å². The fraction of sp³-hybridized carbons (Fsp3) is 0.158. The second-order valence-corrected chi connectivity index (χ2v) is 5.06. The first-order chi connectivity index (χ1) is 11.7.